The van der Waals surface area contributed by atoms with Crippen molar-refractivity contribution >= 4 is 63.8 Å². The third-order valence-corrected chi connectivity index (χ3v) is 15.6. The highest BCUT2D eigenvalue weighted by atomic mass is 32.1. The highest BCUT2D eigenvalue weighted by Crippen LogP contribution is 2.56. The number of hydrogen-bond donors (Lipinski definition) is 0. The van der Waals surface area contributed by atoms with Crippen LogP contribution >= 0.6 is 11.3 Å². The van der Waals surface area contributed by atoms with Gasteiger partial charge in [-0.3, -0.25) is 0 Å². The van der Waals surface area contributed by atoms with E-state index in [1.807, 2.05) is 11.3 Å². The van der Waals surface area contributed by atoms with Crippen molar-refractivity contribution in [3.8, 4) is 55.6 Å². The normalized spacial score (nSPS) is 14.5. The highest BCUT2D eigenvalue weighted by Gasteiger charge is 2.39. The molecule has 0 unspecified atom stereocenters. The smallest absolute Gasteiger partial charge is 0.0437 e. The molecule has 1 heteroatoms. The Hall–Kier alpha value is -6.80. The maximum absolute atomic E-state index is 2.50. The molecule has 0 atom stereocenters. The molecule has 0 saturated heterocycles. The molecule has 0 fully saturated rings. The number of fused-ring (bicyclic) bond motifs is 14. The first-order valence-electron chi connectivity index (χ1n) is 21.6. The van der Waals surface area contributed by atoms with Crippen LogP contribution in [0.5, 0.6) is 0 Å². The number of hydrogen-bond acceptors (Lipinski definition) is 1. The fourth-order valence-electron chi connectivity index (χ4n) is 11.4. The zero-order chi connectivity index (χ0) is 40.8. The summed E-state index contributed by atoms with van der Waals surface area (Å²) in [4.78, 5) is 0. The fraction of sp³-hybridized carbons (Fsp3) is 0.100. The molecular weight excluding hydrogens is 753 g/mol. The Balaban J connectivity index is 0.935. The molecule has 13 rings (SSSR count). The summed E-state index contributed by atoms with van der Waals surface area (Å²) in [7, 11) is 0. The summed E-state index contributed by atoms with van der Waals surface area (Å²) in [5.41, 5.74) is 18.6. The number of rotatable bonds is 3. The lowest BCUT2D eigenvalue weighted by Crippen LogP contribution is -2.15. The maximum Gasteiger partial charge on any atom is 0.0437 e. The number of benzene rings is 10. The van der Waals surface area contributed by atoms with Gasteiger partial charge in [-0.1, -0.05) is 185 Å². The summed E-state index contributed by atoms with van der Waals surface area (Å²) < 4.78 is 2.77. The van der Waals surface area contributed by atoms with Crippen molar-refractivity contribution in [2.24, 2.45) is 0 Å². The van der Waals surface area contributed by atoms with Crippen LogP contribution in [0.4, 0.5) is 0 Å². The van der Waals surface area contributed by atoms with Gasteiger partial charge in [-0.2, -0.15) is 0 Å². The Kier molecular flexibility index (Phi) is 7.11. The van der Waals surface area contributed by atoms with E-state index in [4.69, 9.17) is 0 Å². The topological polar surface area (TPSA) is 0 Å². The molecule has 0 spiro atoms. The summed E-state index contributed by atoms with van der Waals surface area (Å²) in [6.07, 6.45) is 0. The summed E-state index contributed by atoms with van der Waals surface area (Å²) in [5.74, 6) is 0. The van der Waals surface area contributed by atoms with Gasteiger partial charge in [0.05, 0.1) is 0 Å². The van der Waals surface area contributed by atoms with E-state index in [1.165, 1.54) is 130 Å². The number of thiophene rings is 1. The van der Waals surface area contributed by atoms with Crippen LogP contribution in [0.1, 0.15) is 49.9 Å². The average Bonchev–Trinajstić information content (AvgIpc) is 3.87. The molecule has 0 aliphatic heterocycles. The molecule has 0 nitrogen and oxygen atoms in total. The van der Waals surface area contributed by atoms with Gasteiger partial charge >= 0.3 is 0 Å². The van der Waals surface area contributed by atoms with Crippen molar-refractivity contribution in [2.75, 3.05) is 0 Å². The quantitative estimate of drug-likeness (QED) is 0.156. The van der Waals surface area contributed by atoms with E-state index in [0.717, 1.165) is 0 Å². The molecule has 2 aliphatic carbocycles. The molecule has 0 N–H and O–H groups in total. The molecule has 0 amide bonds. The minimum Gasteiger partial charge on any atom is -0.134 e. The first kappa shape index (κ1) is 35.0. The van der Waals surface area contributed by atoms with E-state index in [2.05, 4.69) is 210 Å². The monoisotopic (exact) mass is 794 g/mol. The van der Waals surface area contributed by atoms with Gasteiger partial charge < -0.3 is 0 Å². The van der Waals surface area contributed by atoms with E-state index in [9.17, 15) is 0 Å². The Bertz CT molecular complexity index is 3630. The third kappa shape index (κ3) is 4.76. The van der Waals surface area contributed by atoms with Crippen molar-refractivity contribution in [3.05, 3.63) is 204 Å². The van der Waals surface area contributed by atoms with Crippen LogP contribution in [0.15, 0.2) is 182 Å². The largest absolute Gasteiger partial charge is 0.134 e. The van der Waals surface area contributed by atoms with Gasteiger partial charge in [0.2, 0.25) is 0 Å². The van der Waals surface area contributed by atoms with E-state index in [1.54, 1.807) is 0 Å². The van der Waals surface area contributed by atoms with Crippen molar-refractivity contribution in [3.63, 3.8) is 0 Å². The second-order valence-corrected chi connectivity index (χ2v) is 19.4. The Morgan fingerprint density at radius 1 is 0.328 bits per heavy atom. The van der Waals surface area contributed by atoms with Crippen LogP contribution in [-0.2, 0) is 10.8 Å². The maximum atomic E-state index is 2.50. The summed E-state index contributed by atoms with van der Waals surface area (Å²) >= 11 is 1.95. The van der Waals surface area contributed by atoms with Crippen LogP contribution in [0.3, 0.4) is 0 Å². The Morgan fingerprint density at radius 2 is 0.869 bits per heavy atom. The van der Waals surface area contributed by atoms with Crippen LogP contribution in [0.25, 0.3) is 108 Å². The first-order chi connectivity index (χ1) is 29.8. The van der Waals surface area contributed by atoms with Gasteiger partial charge in [-0.15, -0.1) is 11.3 Å². The van der Waals surface area contributed by atoms with Crippen molar-refractivity contribution < 1.29 is 0 Å². The molecular formula is C60H42S. The van der Waals surface area contributed by atoms with Crippen LogP contribution in [0.2, 0.25) is 0 Å². The van der Waals surface area contributed by atoms with Gasteiger partial charge in [-0.25, -0.2) is 0 Å². The van der Waals surface area contributed by atoms with Crippen LogP contribution in [-0.4, -0.2) is 0 Å². The van der Waals surface area contributed by atoms with E-state index in [0.29, 0.717) is 0 Å². The molecule has 61 heavy (non-hydrogen) atoms. The van der Waals surface area contributed by atoms with Crippen molar-refractivity contribution in [2.45, 2.75) is 38.5 Å². The third-order valence-electron chi connectivity index (χ3n) is 14.5. The van der Waals surface area contributed by atoms with Gasteiger partial charge in [0.1, 0.15) is 0 Å². The Labute approximate surface area is 360 Å². The standard InChI is InChI=1S/C60H42S/c1-59(2)49-29-24-37(38-22-27-46-52(33-38)60(3,4)50-30-28-47-56-40-17-9-8-14-35(40)25-31-53(56)61-58(47)57(46)50)32-48(49)41-26-23-39(34-51(41)59)55-44-20-12-10-18-42(44)54(36-15-6-5-7-16-36)43-19-11-13-21-45(43)55/h5-34H,1-4H3. The second kappa shape index (κ2) is 12.4. The lowest BCUT2D eigenvalue weighted by molar-refractivity contribution is 0.660. The molecule has 11 aromatic rings. The molecule has 288 valence electrons. The Morgan fingerprint density at radius 3 is 1.61 bits per heavy atom. The minimum atomic E-state index is -0.142. The molecule has 0 radical (unpaired) electrons. The van der Waals surface area contributed by atoms with E-state index < -0.39 is 0 Å². The molecule has 10 aromatic carbocycles. The molecule has 1 heterocycles. The predicted octanol–water partition coefficient (Wildman–Crippen LogP) is 17.1. The van der Waals surface area contributed by atoms with Gasteiger partial charge in [0.15, 0.2) is 0 Å². The molecule has 2 aliphatic rings. The lowest BCUT2D eigenvalue weighted by Gasteiger charge is -2.23. The lowest BCUT2D eigenvalue weighted by atomic mass is 9.80. The van der Waals surface area contributed by atoms with Crippen molar-refractivity contribution in [1.29, 1.82) is 0 Å². The van der Waals surface area contributed by atoms with Gasteiger partial charge in [-0.05, 0) is 129 Å². The summed E-state index contributed by atoms with van der Waals surface area (Å²) in [6.45, 7) is 9.64. The predicted molar refractivity (Wildman–Crippen MR) is 263 cm³/mol. The zero-order valence-corrected chi connectivity index (χ0v) is 35.5. The van der Waals surface area contributed by atoms with E-state index >= 15 is 0 Å². The van der Waals surface area contributed by atoms with E-state index in [-0.39, 0.29) is 10.8 Å². The molecule has 0 bridgehead atoms. The summed E-state index contributed by atoms with van der Waals surface area (Å²) in [5, 5.41) is 10.6. The summed E-state index contributed by atoms with van der Waals surface area (Å²) in [6, 6.07) is 68.8. The second-order valence-electron chi connectivity index (χ2n) is 18.4. The van der Waals surface area contributed by atoms with Gasteiger partial charge in [0.25, 0.3) is 0 Å². The van der Waals surface area contributed by atoms with Crippen molar-refractivity contribution in [1.82, 2.24) is 0 Å². The average molecular weight is 795 g/mol. The molecule has 0 saturated carbocycles. The fourth-order valence-corrected chi connectivity index (χ4v) is 12.7. The highest BCUT2D eigenvalue weighted by molar-refractivity contribution is 7.26. The zero-order valence-electron chi connectivity index (χ0n) is 34.7. The minimum absolute atomic E-state index is 0.109. The van der Waals surface area contributed by atoms with Crippen LogP contribution < -0.4 is 0 Å². The SMILES string of the molecule is CC1(C)c2ccc(-c3ccc4c(c3)C(C)(C)c3ccc5c(sc6ccc7ccccc7c65)c3-4)cc2-c2ccc(-c3c4ccccc4c(-c4ccccc4)c4ccccc34)cc21. The van der Waals surface area contributed by atoms with Crippen LogP contribution in [0, 0.1) is 0 Å². The first-order valence-corrected chi connectivity index (χ1v) is 22.4. The van der Waals surface area contributed by atoms with Gasteiger partial charge in [0, 0.05) is 36.6 Å². The molecule has 1 aromatic heterocycles.